The van der Waals surface area contributed by atoms with E-state index in [1.165, 1.54) is 12.1 Å². The van der Waals surface area contributed by atoms with Crippen LogP contribution < -0.4 is 0 Å². The first kappa shape index (κ1) is 16.9. The number of benzene rings is 2. The third kappa shape index (κ3) is 3.77. The van der Waals surface area contributed by atoms with Crippen molar-refractivity contribution in [3.05, 3.63) is 82.1 Å². The maximum absolute atomic E-state index is 13.1. The molecule has 1 heterocycles. The van der Waals surface area contributed by atoms with Crippen molar-refractivity contribution in [3.63, 3.8) is 0 Å². The lowest BCUT2D eigenvalue weighted by Gasteiger charge is -2.20. The highest BCUT2D eigenvalue weighted by atomic mass is 32.1. The van der Waals surface area contributed by atoms with E-state index in [0.717, 1.165) is 16.4 Å². The zero-order chi connectivity index (χ0) is 17.8. The number of halogens is 1. The van der Waals surface area contributed by atoms with E-state index in [0.29, 0.717) is 21.7 Å². The Morgan fingerprint density at radius 3 is 2.32 bits per heavy atom. The van der Waals surface area contributed by atoms with E-state index in [9.17, 15) is 14.0 Å². The fourth-order valence-corrected chi connectivity index (χ4v) is 2.90. The summed E-state index contributed by atoms with van der Waals surface area (Å²) in [4.78, 5) is 27.2. The molecular formula is C18H14FN3O2S. The largest absolute Gasteiger partial charge is 0.274 e. The highest BCUT2D eigenvalue weighted by molar-refractivity contribution is 7.08. The number of carbonyl (C=O) groups is 2. The molecule has 126 valence electrons. The van der Waals surface area contributed by atoms with Crippen molar-refractivity contribution in [1.29, 1.82) is 0 Å². The number of rotatable bonds is 4. The first-order valence-electron chi connectivity index (χ1n) is 7.51. The lowest BCUT2D eigenvalue weighted by molar-refractivity contribution is 0.0606. The Morgan fingerprint density at radius 1 is 1.04 bits per heavy atom. The van der Waals surface area contributed by atoms with Gasteiger partial charge < -0.3 is 0 Å². The fraction of sp³-hybridized carbons (Fsp3) is 0.111. The zero-order valence-corrected chi connectivity index (χ0v) is 14.2. The number of nitrogens with zero attached hydrogens (tertiary/aromatic N) is 3. The third-order valence-electron chi connectivity index (χ3n) is 3.61. The molecule has 0 saturated heterocycles. The van der Waals surface area contributed by atoms with E-state index >= 15 is 0 Å². The van der Waals surface area contributed by atoms with E-state index in [4.69, 9.17) is 0 Å². The van der Waals surface area contributed by atoms with Crippen molar-refractivity contribution in [2.75, 3.05) is 0 Å². The van der Waals surface area contributed by atoms with Gasteiger partial charge in [0.1, 0.15) is 10.7 Å². The number of aromatic nitrogens is 2. The van der Waals surface area contributed by atoms with Gasteiger partial charge in [-0.3, -0.25) is 14.5 Å². The zero-order valence-electron chi connectivity index (χ0n) is 13.3. The van der Waals surface area contributed by atoms with Crippen LogP contribution >= 0.6 is 11.5 Å². The average Bonchev–Trinajstić information content (AvgIpc) is 3.07. The van der Waals surface area contributed by atoms with E-state index in [-0.39, 0.29) is 12.4 Å². The van der Waals surface area contributed by atoms with Crippen molar-refractivity contribution < 1.29 is 14.0 Å². The van der Waals surface area contributed by atoms with E-state index in [1.54, 1.807) is 49.4 Å². The SMILES string of the molecule is Cc1nnsc1C(=O)N(Cc1ccc(F)cc1)C(=O)c1ccccc1. The molecule has 0 bridgehead atoms. The van der Waals surface area contributed by atoms with Gasteiger partial charge in [0.15, 0.2) is 0 Å². The molecule has 0 fully saturated rings. The first-order valence-corrected chi connectivity index (χ1v) is 8.28. The van der Waals surface area contributed by atoms with Gasteiger partial charge in [-0.1, -0.05) is 34.8 Å². The lowest BCUT2D eigenvalue weighted by atomic mass is 10.1. The number of hydrogen-bond acceptors (Lipinski definition) is 5. The van der Waals surface area contributed by atoms with Gasteiger partial charge >= 0.3 is 0 Å². The summed E-state index contributed by atoms with van der Waals surface area (Å²) in [5.41, 5.74) is 1.52. The summed E-state index contributed by atoms with van der Waals surface area (Å²) in [7, 11) is 0. The molecule has 1 aromatic heterocycles. The standard InChI is InChI=1S/C18H14FN3O2S/c1-12-16(25-21-20-12)18(24)22(11-13-7-9-15(19)10-8-13)17(23)14-5-3-2-4-6-14/h2-10H,11H2,1H3. The van der Waals surface area contributed by atoms with Crippen molar-refractivity contribution in [1.82, 2.24) is 14.5 Å². The molecule has 0 unspecified atom stereocenters. The van der Waals surface area contributed by atoms with Crippen molar-refractivity contribution in [3.8, 4) is 0 Å². The molecule has 25 heavy (non-hydrogen) atoms. The summed E-state index contributed by atoms with van der Waals surface area (Å²) in [5.74, 6) is -1.27. The Morgan fingerprint density at radius 2 is 1.72 bits per heavy atom. The molecule has 5 nitrogen and oxygen atoms in total. The normalized spacial score (nSPS) is 10.5. The Balaban J connectivity index is 1.96. The van der Waals surface area contributed by atoms with Crippen LogP contribution in [0.4, 0.5) is 4.39 Å². The Bertz CT molecular complexity index is 894. The average molecular weight is 355 g/mol. The second-order valence-corrected chi connectivity index (χ2v) is 6.13. The number of imide groups is 1. The van der Waals surface area contributed by atoms with Gasteiger partial charge in [0.25, 0.3) is 11.8 Å². The van der Waals surface area contributed by atoms with Gasteiger partial charge in [-0.15, -0.1) is 5.10 Å². The van der Waals surface area contributed by atoms with Gasteiger partial charge in [-0.2, -0.15) is 0 Å². The predicted octanol–water partition coefficient (Wildman–Crippen LogP) is 3.47. The molecule has 0 spiro atoms. The molecule has 0 saturated carbocycles. The Hall–Kier alpha value is -2.93. The monoisotopic (exact) mass is 355 g/mol. The molecular weight excluding hydrogens is 341 g/mol. The summed E-state index contributed by atoms with van der Waals surface area (Å²) in [6.45, 7) is 1.70. The molecule has 7 heteroatoms. The minimum atomic E-state index is -0.467. The van der Waals surface area contributed by atoms with Crippen LogP contribution in [0.15, 0.2) is 54.6 Å². The van der Waals surface area contributed by atoms with Crippen LogP contribution in [-0.4, -0.2) is 26.3 Å². The maximum atomic E-state index is 13.1. The van der Waals surface area contributed by atoms with Crippen LogP contribution in [0.2, 0.25) is 0 Å². The smallest absolute Gasteiger partial charge is 0.269 e. The van der Waals surface area contributed by atoms with Crippen molar-refractivity contribution >= 4 is 23.3 Å². The Kier molecular flexibility index (Phi) is 4.95. The van der Waals surface area contributed by atoms with Gasteiger partial charge in [0, 0.05) is 5.56 Å². The minimum Gasteiger partial charge on any atom is -0.269 e. The highest BCUT2D eigenvalue weighted by Gasteiger charge is 2.27. The fourth-order valence-electron chi connectivity index (χ4n) is 2.30. The molecule has 3 rings (SSSR count). The maximum Gasteiger partial charge on any atom is 0.274 e. The number of aryl methyl sites for hydroxylation is 1. The van der Waals surface area contributed by atoms with Crippen LogP contribution in [0, 0.1) is 12.7 Å². The topological polar surface area (TPSA) is 63.2 Å². The summed E-state index contributed by atoms with van der Waals surface area (Å²) in [6.07, 6.45) is 0. The number of carbonyl (C=O) groups excluding carboxylic acids is 2. The van der Waals surface area contributed by atoms with Crippen molar-refractivity contribution in [2.24, 2.45) is 0 Å². The minimum absolute atomic E-state index is 0.0319. The third-order valence-corrected chi connectivity index (χ3v) is 4.43. The highest BCUT2D eigenvalue weighted by Crippen LogP contribution is 2.18. The molecule has 0 aliphatic rings. The second kappa shape index (κ2) is 7.31. The summed E-state index contributed by atoms with van der Waals surface area (Å²) in [5, 5.41) is 3.83. The van der Waals surface area contributed by atoms with Gasteiger partial charge in [0.2, 0.25) is 0 Å². The molecule has 0 atom stereocenters. The van der Waals surface area contributed by atoms with Crippen LogP contribution in [-0.2, 0) is 6.54 Å². The van der Waals surface area contributed by atoms with Gasteiger partial charge in [-0.25, -0.2) is 4.39 Å². The summed E-state index contributed by atoms with van der Waals surface area (Å²) >= 11 is 0.947. The Labute approximate surface area is 147 Å². The van der Waals surface area contributed by atoms with Crippen molar-refractivity contribution in [2.45, 2.75) is 13.5 Å². The van der Waals surface area contributed by atoms with Crippen LogP contribution in [0.3, 0.4) is 0 Å². The lowest BCUT2D eigenvalue weighted by Crippen LogP contribution is -2.36. The molecule has 3 aromatic rings. The van der Waals surface area contributed by atoms with Crippen LogP contribution in [0.1, 0.15) is 31.3 Å². The van der Waals surface area contributed by atoms with E-state index < -0.39 is 11.8 Å². The van der Waals surface area contributed by atoms with Gasteiger partial charge in [0.05, 0.1) is 12.2 Å². The molecule has 0 radical (unpaired) electrons. The van der Waals surface area contributed by atoms with Crippen LogP contribution in [0.25, 0.3) is 0 Å². The molecule has 0 aliphatic carbocycles. The molecule has 2 aromatic carbocycles. The predicted molar refractivity (Wildman–Crippen MR) is 91.7 cm³/mol. The molecule has 0 aliphatic heterocycles. The molecule has 0 N–H and O–H groups in total. The summed E-state index contributed by atoms with van der Waals surface area (Å²) in [6, 6.07) is 14.2. The van der Waals surface area contributed by atoms with Crippen LogP contribution in [0.5, 0.6) is 0 Å². The summed E-state index contributed by atoms with van der Waals surface area (Å²) < 4.78 is 16.9. The van der Waals surface area contributed by atoms with Gasteiger partial charge in [-0.05, 0) is 48.3 Å². The second-order valence-electron chi connectivity index (χ2n) is 5.38. The number of amides is 2. The first-order chi connectivity index (χ1) is 12.1. The van der Waals surface area contributed by atoms with E-state index in [1.807, 2.05) is 0 Å². The number of hydrogen-bond donors (Lipinski definition) is 0. The van der Waals surface area contributed by atoms with E-state index in [2.05, 4.69) is 9.59 Å². The molecule has 2 amide bonds. The quantitative estimate of drug-likeness (QED) is 0.672.